The second kappa shape index (κ2) is 4.42. The summed E-state index contributed by atoms with van der Waals surface area (Å²) in [5.74, 6) is -0.855. The smallest absolute Gasteiger partial charge is 0.307 e. The van der Waals surface area contributed by atoms with Crippen LogP contribution in [0.3, 0.4) is 0 Å². The van der Waals surface area contributed by atoms with Crippen LogP contribution >= 0.6 is 22.6 Å². The van der Waals surface area contributed by atoms with Crippen molar-refractivity contribution >= 4 is 28.6 Å². The fourth-order valence-electron chi connectivity index (χ4n) is 1.16. The van der Waals surface area contributed by atoms with Gasteiger partial charge in [-0.15, -0.1) is 0 Å². The number of nitriles is 1. The molecule has 1 rings (SSSR count). The van der Waals surface area contributed by atoms with Crippen LogP contribution in [0.1, 0.15) is 16.7 Å². The summed E-state index contributed by atoms with van der Waals surface area (Å²) in [5.41, 5.74) is 2.21. The van der Waals surface area contributed by atoms with E-state index in [1.165, 1.54) is 0 Å². The average molecular weight is 301 g/mol. The molecule has 0 radical (unpaired) electrons. The number of hydrogen-bond donors (Lipinski definition) is 1. The minimum atomic E-state index is -0.855. The number of rotatable bonds is 2. The first-order valence-corrected chi connectivity index (χ1v) is 5.04. The SMILES string of the molecule is Cc1c(C#N)ccc(CC(=O)O)c1I. The van der Waals surface area contributed by atoms with Crippen molar-refractivity contribution < 1.29 is 9.90 Å². The third-order valence-electron chi connectivity index (χ3n) is 1.93. The van der Waals surface area contributed by atoms with Gasteiger partial charge in [-0.2, -0.15) is 5.26 Å². The molecule has 0 aromatic heterocycles. The van der Waals surface area contributed by atoms with Gasteiger partial charge in [0.05, 0.1) is 18.1 Å². The van der Waals surface area contributed by atoms with Crippen molar-refractivity contribution in [3.05, 3.63) is 32.4 Å². The van der Waals surface area contributed by atoms with Gasteiger partial charge in [0.15, 0.2) is 0 Å². The van der Waals surface area contributed by atoms with E-state index in [2.05, 4.69) is 28.7 Å². The summed E-state index contributed by atoms with van der Waals surface area (Å²) < 4.78 is 0.865. The normalized spacial score (nSPS) is 9.50. The zero-order valence-electron chi connectivity index (χ0n) is 7.54. The third-order valence-corrected chi connectivity index (χ3v) is 3.43. The van der Waals surface area contributed by atoms with Crippen LogP contribution in [0.25, 0.3) is 0 Å². The van der Waals surface area contributed by atoms with E-state index in [0.29, 0.717) is 5.56 Å². The fourth-order valence-corrected chi connectivity index (χ4v) is 1.82. The molecule has 1 N–H and O–H groups in total. The van der Waals surface area contributed by atoms with Crippen LogP contribution in [-0.4, -0.2) is 11.1 Å². The standard InChI is InChI=1S/C10H8INO2/c1-6-8(5-12)3-2-7(10(6)11)4-9(13)14/h2-3H,4H2,1H3,(H,13,14). The van der Waals surface area contributed by atoms with Crippen LogP contribution < -0.4 is 0 Å². The molecule has 0 saturated heterocycles. The Labute approximate surface area is 95.5 Å². The minimum Gasteiger partial charge on any atom is -0.481 e. The Morgan fingerprint density at radius 3 is 2.79 bits per heavy atom. The molecule has 0 spiro atoms. The molecule has 1 aromatic carbocycles. The molecule has 0 bridgehead atoms. The number of carboxylic acids is 1. The number of aliphatic carboxylic acids is 1. The number of carboxylic acid groups (broad SMARTS) is 1. The van der Waals surface area contributed by atoms with Crippen molar-refractivity contribution in [2.45, 2.75) is 13.3 Å². The highest BCUT2D eigenvalue weighted by Gasteiger charge is 2.09. The number of halogens is 1. The third kappa shape index (κ3) is 2.23. The summed E-state index contributed by atoms with van der Waals surface area (Å²) in [5, 5.41) is 17.4. The fraction of sp³-hybridized carbons (Fsp3) is 0.200. The Hall–Kier alpha value is -1.09. The van der Waals surface area contributed by atoms with E-state index >= 15 is 0 Å². The Balaban J connectivity index is 3.18. The summed E-state index contributed by atoms with van der Waals surface area (Å²) in [6, 6.07) is 5.42. The van der Waals surface area contributed by atoms with Crippen LogP contribution in [0.2, 0.25) is 0 Å². The topological polar surface area (TPSA) is 61.1 Å². The minimum absolute atomic E-state index is 0.00478. The largest absolute Gasteiger partial charge is 0.481 e. The van der Waals surface area contributed by atoms with E-state index < -0.39 is 5.97 Å². The summed E-state index contributed by atoms with van der Waals surface area (Å²) >= 11 is 2.07. The Kier molecular flexibility index (Phi) is 3.47. The van der Waals surface area contributed by atoms with Crippen LogP contribution in [-0.2, 0) is 11.2 Å². The van der Waals surface area contributed by atoms with E-state index in [0.717, 1.165) is 14.7 Å². The molecule has 0 fully saturated rings. The van der Waals surface area contributed by atoms with Gasteiger partial charge >= 0.3 is 5.97 Å². The molecule has 0 atom stereocenters. The van der Waals surface area contributed by atoms with Crippen molar-refractivity contribution in [2.24, 2.45) is 0 Å². The average Bonchev–Trinajstić information content (AvgIpc) is 2.13. The molecule has 72 valence electrons. The van der Waals surface area contributed by atoms with Crippen molar-refractivity contribution in [1.82, 2.24) is 0 Å². The van der Waals surface area contributed by atoms with Crippen molar-refractivity contribution in [3.8, 4) is 6.07 Å². The Morgan fingerprint density at radius 1 is 1.64 bits per heavy atom. The maximum atomic E-state index is 10.5. The van der Waals surface area contributed by atoms with E-state index in [9.17, 15) is 4.79 Å². The lowest BCUT2D eigenvalue weighted by Gasteiger charge is -2.06. The molecule has 0 saturated carbocycles. The van der Waals surface area contributed by atoms with Crippen molar-refractivity contribution in [2.75, 3.05) is 0 Å². The summed E-state index contributed by atoms with van der Waals surface area (Å²) in [4.78, 5) is 10.5. The van der Waals surface area contributed by atoms with Crippen LogP contribution in [0.4, 0.5) is 0 Å². The lowest BCUT2D eigenvalue weighted by atomic mass is 10.0. The van der Waals surface area contributed by atoms with Crippen molar-refractivity contribution in [3.63, 3.8) is 0 Å². The summed E-state index contributed by atoms with van der Waals surface area (Å²) in [7, 11) is 0. The molecule has 0 amide bonds. The second-order valence-electron chi connectivity index (χ2n) is 2.89. The molecule has 0 aliphatic heterocycles. The van der Waals surface area contributed by atoms with Gasteiger partial charge in [-0.1, -0.05) is 6.07 Å². The molecule has 0 unspecified atom stereocenters. The highest BCUT2D eigenvalue weighted by molar-refractivity contribution is 14.1. The molecule has 4 heteroatoms. The number of nitrogens with zero attached hydrogens (tertiary/aromatic N) is 1. The molecule has 0 heterocycles. The highest BCUT2D eigenvalue weighted by Crippen LogP contribution is 2.20. The van der Waals surface area contributed by atoms with Gasteiger partial charge in [0.2, 0.25) is 0 Å². The van der Waals surface area contributed by atoms with Gasteiger partial charge in [-0.3, -0.25) is 4.79 Å². The van der Waals surface area contributed by atoms with Gasteiger partial charge in [0.1, 0.15) is 0 Å². The molecule has 1 aromatic rings. The Bertz CT molecular complexity index is 421. The lowest BCUT2D eigenvalue weighted by Crippen LogP contribution is -2.03. The van der Waals surface area contributed by atoms with Gasteiger partial charge in [0, 0.05) is 3.57 Å². The maximum absolute atomic E-state index is 10.5. The highest BCUT2D eigenvalue weighted by atomic mass is 127. The van der Waals surface area contributed by atoms with E-state index in [4.69, 9.17) is 10.4 Å². The first-order chi connectivity index (χ1) is 6.56. The number of hydrogen-bond acceptors (Lipinski definition) is 2. The van der Waals surface area contributed by atoms with Crippen LogP contribution in [0.5, 0.6) is 0 Å². The van der Waals surface area contributed by atoms with Crippen molar-refractivity contribution in [1.29, 1.82) is 5.26 Å². The van der Waals surface area contributed by atoms with Crippen LogP contribution in [0.15, 0.2) is 12.1 Å². The molecule has 14 heavy (non-hydrogen) atoms. The first kappa shape index (κ1) is 11.0. The van der Waals surface area contributed by atoms with Crippen LogP contribution in [0, 0.1) is 21.8 Å². The molecule has 0 aliphatic rings. The zero-order valence-corrected chi connectivity index (χ0v) is 9.70. The van der Waals surface area contributed by atoms with E-state index in [1.807, 2.05) is 6.92 Å². The van der Waals surface area contributed by atoms with Gasteiger partial charge < -0.3 is 5.11 Å². The Morgan fingerprint density at radius 2 is 2.29 bits per heavy atom. The quantitative estimate of drug-likeness (QED) is 0.851. The number of benzene rings is 1. The lowest BCUT2D eigenvalue weighted by molar-refractivity contribution is -0.136. The molecular weight excluding hydrogens is 293 g/mol. The monoisotopic (exact) mass is 301 g/mol. The summed E-state index contributed by atoms with van der Waals surface area (Å²) in [6.45, 7) is 1.83. The first-order valence-electron chi connectivity index (χ1n) is 3.96. The van der Waals surface area contributed by atoms with Gasteiger partial charge in [0.25, 0.3) is 0 Å². The predicted octanol–water partition coefficient (Wildman–Crippen LogP) is 2.10. The molecule has 0 aliphatic carbocycles. The van der Waals surface area contributed by atoms with Gasteiger partial charge in [-0.05, 0) is 46.7 Å². The van der Waals surface area contributed by atoms with E-state index in [1.54, 1.807) is 12.1 Å². The zero-order chi connectivity index (χ0) is 10.7. The van der Waals surface area contributed by atoms with Gasteiger partial charge in [-0.25, -0.2) is 0 Å². The summed E-state index contributed by atoms with van der Waals surface area (Å²) in [6.07, 6.45) is 0.00478. The maximum Gasteiger partial charge on any atom is 0.307 e. The second-order valence-corrected chi connectivity index (χ2v) is 3.97. The van der Waals surface area contributed by atoms with E-state index in [-0.39, 0.29) is 6.42 Å². The molecule has 3 nitrogen and oxygen atoms in total. The predicted molar refractivity (Wildman–Crippen MR) is 60.0 cm³/mol. The number of carbonyl (C=O) groups is 1. The molecular formula is C10H8INO2.